The van der Waals surface area contributed by atoms with Crippen molar-refractivity contribution in [2.45, 2.75) is 0 Å². The number of benzene rings is 1. The number of nitrogens with one attached hydrogen (secondary N) is 1. The number of fused-ring (bicyclic) bond motifs is 1. The lowest BCUT2D eigenvalue weighted by Gasteiger charge is -2.20. The number of pyridine rings is 1. The molecule has 2 heterocycles. The summed E-state index contributed by atoms with van der Waals surface area (Å²) in [5.74, 6) is 0.841. The normalized spacial score (nSPS) is 12.8. The SMILES string of the molecule is Cn1ccc(C(=O)Nc2cc3c(cc2Br)OCCO3)cc1=O. The molecule has 3 rings (SSSR count). The summed E-state index contributed by atoms with van der Waals surface area (Å²) in [7, 11) is 1.63. The van der Waals surface area contributed by atoms with Gasteiger partial charge in [-0.2, -0.15) is 0 Å². The topological polar surface area (TPSA) is 69.6 Å². The van der Waals surface area contributed by atoms with Crippen molar-refractivity contribution in [3.8, 4) is 11.5 Å². The van der Waals surface area contributed by atoms with Crippen molar-refractivity contribution >= 4 is 27.5 Å². The number of aromatic nitrogens is 1. The molecule has 0 radical (unpaired) electrons. The van der Waals surface area contributed by atoms with Gasteiger partial charge in [-0.15, -0.1) is 0 Å². The number of rotatable bonds is 2. The number of nitrogens with zero attached hydrogens (tertiary/aromatic N) is 1. The molecule has 0 unspecified atom stereocenters. The third-order valence-electron chi connectivity index (χ3n) is 3.25. The van der Waals surface area contributed by atoms with Crippen molar-refractivity contribution in [2.24, 2.45) is 7.05 Å². The number of carbonyl (C=O) groups is 1. The molecule has 0 atom stereocenters. The summed E-state index contributed by atoms with van der Waals surface area (Å²) in [6.45, 7) is 0.967. The Bertz CT molecular complexity index is 801. The second kappa shape index (κ2) is 5.84. The summed E-state index contributed by atoms with van der Waals surface area (Å²) in [5, 5.41) is 2.75. The monoisotopic (exact) mass is 364 g/mol. The second-order valence-corrected chi connectivity index (χ2v) is 5.65. The molecule has 2 aromatic rings. The van der Waals surface area contributed by atoms with Crippen molar-refractivity contribution in [1.82, 2.24) is 4.57 Å². The van der Waals surface area contributed by atoms with E-state index in [1.54, 1.807) is 31.4 Å². The van der Waals surface area contributed by atoms with Crippen molar-refractivity contribution < 1.29 is 14.3 Å². The van der Waals surface area contributed by atoms with E-state index in [0.717, 1.165) is 0 Å². The summed E-state index contributed by atoms with van der Waals surface area (Å²) in [5.41, 5.74) is 0.605. The van der Waals surface area contributed by atoms with Gasteiger partial charge in [0.15, 0.2) is 11.5 Å². The van der Waals surface area contributed by atoms with Crippen LogP contribution in [0.15, 0.2) is 39.7 Å². The first-order valence-corrected chi connectivity index (χ1v) is 7.41. The molecule has 0 saturated carbocycles. The fourth-order valence-electron chi connectivity index (χ4n) is 2.04. The molecule has 1 aliphatic rings. The van der Waals surface area contributed by atoms with Gasteiger partial charge in [-0.25, -0.2) is 0 Å². The number of ether oxygens (including phenoxy) is 2. The highest BCUT2D eigenvalue weighted by Crippen LogP contribution is 2.38. The molecule has 1 amide bonds. The molecule has 1 aliphatic heterocycles. The Morgan fingerprint density at radius 3 is 2.59 bits per heavy atom. The van der Waals surface area contributed by atoms with E-state index in [4.69, 9.17) is 9.47 Å². The van der Waals surface area contributed by atoms with E-state index in [1.165, 1.54) is 10.6 Å². The number of hydrogen-bond acceptors (Lipinski definition) is 4. The third-order valence-corrected chi connectivity index (χ3v) is 3.90. The van der Waals surface area contributed by atoms with Crippen molar-refractivity contribution in [2.75, 3.05) is 18.5 Å². The molecular formula is C15H13BrN2O4. The minimum Gasteiger partial charge on any atom is -0.486 e. The number of halogens is 1. The van der Waals surface area contributed by atoms with Crippen LogP contribution < -0.4 is 20.3 Å². The summed E-state index contributed by atoms with van der Waals surface area (Å²) < 4.78 is 13.0. The van der Waals surface area contributed by atoms with Gasteiger partial charge < -0.3 is 19.4 Å². The van der Waals surface area contributed by atoms with E-state index in [9.17, 15) is 9.59 Å². The zero-order valence-electron chi connectivity index (χ0n) is 11.8. The fourth-order valence-corrected chi connectivity index (χ4v) is 2.47. The Labute approximate surface area is 134 Å². The van der Waals surface area contributed by atoms with E-state index >= 15 is 0 Å². The molecule has 114 valence electrons. The highest BCUT2D eigenvalue weighted by atomic mass is 79.9. The lowest BCUT2D eigenvalue weighted by Crippen LogP contribution is -2.20. The van der Waals surface area contributed by atoms with Gasteiger partial charge in [0.05, 0.1) is 5.69 Å². The predicted octanol–water partition coefficient (Wildman–Crippen LogP) is 2.17. The van der Waals surface area contributed by atoms with Crippen molar-refractivity contribution in [1.29, 1.82) is 0 Å². The third kappa shape index (κ3) is 2.85. The first-order chi connectivity index (χ1) is 10.5. The van der Waals surface area contributed by atoms with Crippen LogP contribution in [0.1, 0.15) is 10.4 Å². The van der Waals surface area contributed by atoms with Crippen LogP contribution in [0.3, 0.4) is 0 Å². The van der Waals surface area contributed by atoms with E-state index < -0.39 is 0 Å². The van der Waals surface area contributed by atoms with Gasteiger partial charge in [0.2, 0.25) is 0 Å². The minimum atomic E-state index is -0.366. The van der Waals surface area contributed by atoms with Gasteiger partial charge in [-0.3, -0.25) is 9.59 Å². The summed E-state index contributed by atoms with van der Waals surface area (Å²) in [6, 6.07) is 6.32. The quantitative estimate of drug-likeness (QED) is 0.886. The number of carbonyl (C=O) groups excluding carboxylic acids is 1. The average Bonchev–Trinajstić information content (AvgIpc) is 2.50. The largest absolute Gasteiger partial charge is 0.486 e. The Morgan fingerprint density at radius 2 is 1.91 bits per heavy atom. The average molecular weight is 365 g/mol. The smallest absolute Gasteiger partial charge is 0.255 e. The molecule has 1 aromatic carbocycles. The lowest BCUT2D eigenvalue weighted by molar-refractivity contribution is 0.102. The molecular weight excluding hydrogens is 352 g/mol. The Kier molecular flexibility index (Phi) is 3.89. The number of hydrogen-bond donors (Lipinski definition) is 1. The van der Waals surface area contributed by atoms with Gasteiger partial charge in [0.1, 0.15) is 13.2 Å². The van der Waals surface area contributed by atoms with Gasteiger partial charge in [0.25, 0.3) is 11.5 Å². The van der Waals surface area contributed by atoms with Crippen LogP contribution in [-0.2, 0) is 7.05 Å². The van der Waals surface area contributed by atoms with E-state index in [1.807, 2.05) is 0 Å². The molecule has 1 aromatic heterocycles. The van der Waals surface area contributed by atoms with Crippen LogP contribution in [0, 0.1) is 0 Å². The summed E-state index contributed by atoms with van der Waals surface area (Å²) in [4.78, 5) is 23.8. The van der Waals surface area contributed by atoms with Gasteiger partial charge in [0, 0.05) is 41.5 Å². The Balaban J connectivity index is 1.87. The maximum absolute atomic E-state index is 12.2. The second-order valence-electron chi connectivity index (χ2n) is 4.79. The molecule has 0 fully saturated rings. The van der Waals surface area contributed by atoms with E-state index in [-0.39, 0.29) is 11.5 Å². The van der Waals surface area contributed by atoms with Crippen LogP contribution in [0.4, 0.5) is 5.69 Å². The molecule has 6 nitrogen and oxygen atoms in total. The number of aryl methyl sites for hydroxylation is 1. The van der Waals surface area contributed by atoms with Crippen LogP contribution in [0.2, 0.25) is 0 Å². The van der Waals surface area contributed by atoms with Crippen LogP contribution >= 0.6 is 15.9 Å². The predicted molar refractivity (Wildman–Crippen MR) is 84.8 cm³/mol. The molecule has 1 N–H and O–H groups in total. The van der Waals surface area contributed by atoms with Gasteiger partial charge in [-0.05, 0) is 22.0 Å². The Morgan fingerprint density at radius 1 is 1.23 bits per heavy atom. The molecule has 0 saturated heterocycles. The first kappa shape index (κ1) is 14.6. The van der Waals surface area contributed by atoms with E-state index in [0.29, 0.717) is 40.4 Å². The molecule has 7 heteroatoms. The zero-order chi connectivity index (χ0) is 15.7. The molecule has 0 bridgehead atoms. The number of anilines is 1. The van der Waals surface area contributed by atoms with Crippen LogP contribution in [0.25, 0.3) is 0 Å². The van der Waals surface area contributed by atoms with E-state index in [2.05, 4.69) is 21.2 Å². The lowest BCUT2D eigenvalue weighted by atomic mass is 10.2. The molecule has 0 spiro atoms. The highest BCUT2D eigenvalue weighted by Gasteiger charge is 2.16. The van der Waals surface area contributed by atoms with Gasteiger partial charge >= 0.3 is 0 Å². The maximum Gasteiger partial charge on any atom is 0.255 e. The standard InChI is InChI=1S/C15H13BrN2O4/c1-18-3-2-9(6-14(18)19)15(20)17-11-8-13-12(7-10(11)16)21-4-5-22-13/h2-3,6-8H,4-5H2,1H3,(H,17,20). The van der Waals surface area contributed by atoms with Crippen LogP contribution in [0.5, 0.6) is 11.5 Å². The van der Waals surface area contributed by atoms with Crippen LogP contribution in [-0.4, -0.2) is 23.7 Å². The highest BCUT2D eigenvalue weighted by molar-refractivity contribution is 9.10. The Hall–Kier alpha value is -2.28. The minimum absolute atomic E-state index is 0.242. The number of amides is 1. The zero-order valence-corrected chi connectivity index (χ0v) is 13.3. The maximum atomic E-state index is 12.2. The fraction of sp³-hybridized carbons (Fsp3) is 0.200. The molecule has 0 aliphatic carbocycles. The molecule has 22 heavy (non-hydrogen) atoms. The van der Waals surface area contributed by atoms with Crippen molar-refractivity contribution in [3.63, 3.8) is 0 Å². The summed E-state index contributed by atoms with van der Waals surface area (Å²) >= 11 is 3.39. The summed E-state index contributed by atoms with van der Waals surface area (Å²) in [6.07, 6.45) is 1.55. The van der Waals surface area contributed by atoms with Crippen molar-refractivity contribution in [3.05, 3.63) is 50.9 Å². The first-order valence-electron chi connectivity index (χ1n) is 6.62. The van der Waals surface area contributed by atoms with Gasteiger partial charge in [-0.1, -0.05) is 0 Å².